The first kappa shape index (κ1) is 20.5. The van der Waals surface area contributed by atoms with Gasteiger partial charge in [0.15, 0.2) is 16.3 Å². The van der Waals surface area contributed by atoms with Crippen LogP contribution in [-0.4, -0.2) is 24.4 Å². The van der Waals surface area contributed by atoms with Crippen molar-refractivity contribution in [1.82, 2.24) is 18.7 Å². The third kappa shape index (κ3) is 3.70. The van der Waals surface area contributed by atoms with Gasteiger partial charge >= 0.3 is 5.69 Å². The van der Waals surface area contributed by atoms with Gasteiger partial charge in [0.25, 0.3) is 5.56 Å². The number of fused-ring (bicyclic) bond motifs is 1. The highest BCUT2D eigenvalue weighted by Crippen LogP contribution is 2.29. The molecule has 0 spiro atoms. The maximum absolute atomic E-state index is 12.8. The molecule has 0 amide bonds. The van der Waals surface area contributed by atoms with Gasteiger partial charge in [-0.1, -0.05) is 41.0 Å². The summed E-state index contributed by atoms with van der Waals surface area (Å²) in [7, 11) is 3.01. The summed E-state index contributed by atoms with van der Waals surface area (Å²) >= 11 is 14.1. The van der Waals surface area contributed by atoms with Gasteiger partial charge in [-0.05, 0) is 18.6 Å². The average molecular weight is 438 g/mol. The van der Waals surface area contributed by atoms with E-state index in [0.29, 0.717) is 50.5 Å². The summed E-state index contributed by atoms with van der Waals surface area (Å²) < 4.78 is 4.14. The first-order valence-corrected chi connectivity index (χ1v) is 10.2. The van der Waals surface area contributed by atoms with Crippen LogP contribution in [0.2, 0.25) is 10.0 Å². The van der Waals surface area contributed by atoms with E-state index >= 15 is 0 Å². The molecule has 10 heteroatoms. The zero-order valence-electron chi connectivity index (χ0n) is 15.3. The molecule has 0 aliphatic heterocycles. The number of halogens is 2. The monoisotopic (exact) mass is 437 g/mol. The van der Waals surface area contributed by atoms with Crippen molar-refractivity contribution < 1.29 is 0 Å². The van der Waals surface area contributed by atoms with E-state index in [4.69, 9.17) is 28.5 Å². The number of rotatable bonds is 6. The zero-order chi connectivity index (χ0) is 20.4. The Bertz CT molecular complexity index is 1190. The molecule has 0 N–H and O–H groups in total. The van der Waals surface area contributed by atoms with E-state index < -0.39 is 11.2 Å². The second-order valence-corrected chi connectivity index (χ2v) is 8.05. The van der Waals surface area contributed by atoms with Crippen LogP contribution in [0, 0.1) is 11.3 Å². The van der Waals surface area contributed by atoms with E-state index in [1.165, 1.54) is 23.4 Å². The van der Waals surface area contributed by atoms with Crippen LogP contribution in [0.25, 0.3) is 11.2 Å². The molecule has 28 heavy (non-hydrogen) atoms. The summed E-state index contributed by atoms with van der Waals surface area (Å²) in [6.45, 7) is 0.239. The summed E-state index contributed by atoms with van der Waals surface area (Å²) in [6, 6.07) is 7.32. The Morgan fingerprint density at radius 2 is 1.86 bits per heavy atom. The zero-order valence-corrected chi connectivity index (χ0v) is 17.6. The second-order valence-electron chi connectivity index (χ2n) is 6.17. The molecule has 3 aromatic rings. The molecule has 0 saturated carbocycles. The molecular formula is C18H17Cl2N5O2S. The highest BCUT2D eigenvalue weighted by molar-refractivity contribution is 7.99. The van der Waals surface area contributed by atoms with Gasteiger partial charge in [-0.3, -0.25) is 13.9 Å². The summed E-state index contributed by atoms with van der Waals surface area (Å²) in [5.74, 6) is 0.654. The van der Waals surface area contributed by atoms with Gasteiger partial charge in [0.05, 0.1) is 12.6 Å². The molecule has 2 heterocycles. The maximum atomic E-state index is 12.8. The van der Waals surface area contributed by atoms with Crippen molar-refractivity contribution in [2.24, 2.45) is 14.1 Å². The molecule has 0 saturated heterocycles. The van der Waals surface area contributed by atoms with Crippen molar-refractivity contribution >= 4 is 46.1 Å². The fourth-order valence-corrected chi connectivity index (χ4v) is 4.29. The lowest BCUT2D eigenvalue weighted by Gasteiger charge is -2.12. The number of nitrogens with zero attached hydrogens (tertiary/aromatic N) is 5. The summed E-state index contributed by atoms with van der Waals surface area (Å²) in [6.07, 6.45) is 1.12. The predicted molar refractivity (Wildman–Crippen MR) is 111 cm³/mol. The Labute approximate surface area is 175 Å². The SMILES string of the molecule is Cn1c(=O)c2c(nc(SCCCC#N)n2Cc2c(Cl)cccc2Cl)n(C)c1=O. The largest absolute Gasteiger partial charge is 0.332 e. The Morgan fingerprint density at radius 1 is 1.18 bits per heavy atom. The van der Waals surface area contributed by atoms with Gasteiger partial charge in [-0.15, -0.1) is 0 Å². The van der Waals surface area contributed by atoms with Crippen LogP contribution < -0.4 is 11.2 Å². The van der Waals surface area contributed by atoms with Gasteiger partial charge in [0.2, 0.25) is 0 Å². The van der Waals surface area contributed by atoms with Crippen molar-refractivity contribution in [2.75, 3.05) is 5.75 Å². The summed E-state index contributed by atoms with van der Waals surface area (Å²) in [5, 5.41) is 10.3. The molecule has 146 valence electrons. The average Bonchev–Trinajstić information content (AvgIpc) is 3.03. The Hall–Kier alpha value is -2.21. The number of nitriles is 1. The minimum absolute atomic E-state index is 0.239. The van der Waals surface area contributed by atoms with Crippen LogP contribution >= 0.6 is 35.0 Å². The van der Waals surface area contributed by atoms with Crippen molar-refractivity contribution in [3.8, 4) is 6.07 Å². The summed E-state index contributed by atoms with van der Waals surface area (Å²) in [4.78, 5) is 29.7. The number of hydrogen-bond donors (Lipinski definition) is 0. The maximum Gasteiger partial charge on any atom is 0.332 e. The molecule has 3 rings (SSSR count). The Kier molecular flexibility index (Phi) is 6.18. The molecule has 7 nitrogen and oxygen atoms in total. The van der Waals surface area contributed by atoms with Gasteiger partial charge in [-0.25, -0.2) is 9.78 Å². The van der Waals surface area contributed by atoms with Gasteiger partial charge in [-0.2, -0.15) is 5.26 Å². The van der Waals surface area contributed by atoms with Crippen molar-refractivity contribution in [3.63, 3.8) is 0 Å². The van der Waals surface area contributed by atoms with Crippen LogP contribution in [0.4, 0.5) is 0 Å². The Balaban J connectivity index is 2.21. The minimum atomic E-state index is -0.445. The van der Waals surface area contributed by atoms with Crippen LogP contribution in [0.15, 0.2) is 32.9 Å². The highest BCUT2D eigenvalue weighted by atomic mass is 35.5. The molecule has 0 unspecified atom stereocenters. The van der Waals surface area contributed by atoms with Crippen molar-refractivity contribution in [1.29, 1.82) is 5.26 Å². The van der Waals surface area contributed by atoms with E-state index in [1.54, 1.807) is 29.8 Å². The first-order valence-electron chi connectivity index (χ1n) is 8.45. The number of aryl methyl sites for hydroxylation is 1. The standard InChI is InChI=1S/C18H17Cl2N5O2S/c1-23-15-14(16(26)24(2)18(23)27)25(17(22-15)28-9-4-3-8-21)10-11-12(19)6-5-7-13(11)20/h5-7H,3-4,9-10H2,1-2H3. The van der Waals surface area contributed by atoms with E-state index in [-0.39, 0.29) is 6.54 Å². The van der Waals surface area contributed by atoms with E-state index in [0.717, 1.165) is 4.57 Å². The quantitative estimate of drug-likeness (QED) is 0.436. The first-order chi connectivity index (χ1) is 13.4. The highest BCUT2D eigenvalue weighted by Gasteiger charge is 2.21. The molecule has 0 fully saturated rings. The molecule has 0 aliphatic carbocycles. The molecular weight excluding hydrogens is 421 g/mol. The summed E-state index contributed by atoms with van der Waals surface area (Å²) in [5.41, 5.74) is 0.402. The number of imidazole rings is 1. The number of benzene rings is 1. The fourth-order valence-electron chi connectivity index (χ4n) is 2.84. The normalized spacial score (nSPS) is 11.1. The number of unbranched alkanes of at least 4 members (excludes halogenated alkanes) is 1. The smallest absolute Gasteiger partial charge is 0.308 e. The Morgan fingerprint density at radius 3 is 2.50 bits per heavy atom. The van der Waals surface area contributed by atoms with Gasteiger partial charge in [0.1, 0.15) is 0 Å². The van der Waals surface area contributed by atoms with E-state index in [1.807, 2.05) is 0 Å². The predicted octanol–water partition coefficient (Wildman–Crippen LogP) is 3.18. The lowest BCUT2D eigenvalue weighted by atomic mass is 10.2. The van der Waals surface area contributed by atoms with Gasteiger partial charge < -0.3 is 4.57 Å². The molecule has 0 aliphatic rings. The molecule has 1 aromatic carbocycles. The lowest BCUT2D eigenvalue weighted by Crippen LogP contribution is -2.37. The van der Waals surface area contributed by atoms with Gasteiger partial charge in [0, 0.05) is 41.9 Å². The third-order valence-corrected chi connectivity index (χ3v) is 6.13. The van der Waals surface area contributed by atoms with Crippen LogP contribution in [0.1, 0.15) is 18.4 Å². The third-order valence-electron chi connectivity index (χ3n) is 4.35. The molecule has 0 atom stereocenters. The number of aromatic nitrogens is 4. The van der Waals surface area contributed by atoms with E-state index in [9.17, 15) is 9.59 Å². The van der Waals surface area contributed by atoms with E-state index in [2.05, 4.69) is 11.1 Å². The van der Waals surface area contributed by atoms with Crippen molar-refractivity contribution in [3.05, 3.63) is 54.6 Å². The minimum Gasteiger partial charge on any atom is -0.308 e. The molecule has 2 aromatic heterocycles. The second kappa shape index (κ2) is 8.43. The number of hydrogen-bond acceptors (Lipinski definition) is 5. The fraction of sp³-hybridized carbons (Fsp3) is 0.333. The van der Waals surface area contributed by atoms with Crippen molar-refractivity contribution in [2.45, 2.75) is 24.5 Å². The lowest BCUT2D eigenvalue weighted by molar-refractivity contribution is 0.696. The van der Waals surface area contributed by atoms with Crippen LogP contribution in [0.3, 0.4) is 0 Å². The van der Waals surface area contributed by atoms with Crippen LogP contribution in [0.5, 0.6) is 0 Å². The molecule has 0 radical (unpaired) electrons. The topological polar surface area (TPSA) is 85.6 Å². The number of thioether (sulfide) groups is 1. The molecule has 0 bridgehead atoms. The van der Waals surface area contributed by atoms with Crippen LogP contribution in [-0.2, 0) is 20.6 Å².